The van der Waals surface area contributed by atoms with Gasteiger partial charge in [-0.1, -0.05) is 0 Å². The predicted octanol–water partition coefficient (Wildman–Crippen LogP) is 1.67. The molecule has 7 nitrogen and oxygen atoms in total. The largest absolute Gasteiger partial charge is 0.376 e. The Morgan fingerprint density at radius 3 is 2.96 bits per heavy atom. The molecule has 7 heteroatoms. The summed E-state index contributed by atoms with van der Waals surface area (Å²) in [5, 5.41) is 7.10. The fourth-order valence-corrected chi connectivity index (χ4v) is 2.78. The number of ether oxygens (including phenoxy) is 1. The highest BCUT2D eigenvalue weighted by molar-refractivity contribution is 5.74. The Hall–Kier alpha value is -2.41. The Kier molecular flexibility index (Phi) is 5.79. The van der Waals surface area contributed by atoms with Gasteiger partial charge in [-0.05, 0) is 36.6 Å². The molecule has 0 aliphatic carbocycles. The van der Waals surface area contributed by atoms with E-state index in [0.717, 1.165) is 25.0 Å². The number of nitrogens with one attached hydrogen (secondary N) is 1. The Morgan fingerprint density at radius 2 is 2.25 bits per heavy atom. The molecule has 3 rings (SSSR count). The van der Waals surface area contributed by atoms with Crippen LogP contribution in [-0.2, 0) is 17.8 Å². The van der Waals surface area contributed by atoms with E-state index in [9.17, 15) is 4.79 Å². The minimum Gasteiger partial charge on any atom is -0.376 e. The summed E-state index contributed by atoms with van der Waals surface area (Å²) in [7, 11) is 0. The van der Waals surface area contributed by atoms with Crippen LogP contribution in [0.15, 0.2) is 43.0 Å². The summed E-state index contributed by atoms with van der Waals surface area (Å²) in [6.45, 7) is 3.14. The first-order valence-electron chi connectivity index (χ1n) is 8.32. The van der Waals surface area contributed by atoms with Gasteiger partial charge >= 0.3 is 6.03 Å². The molecular weight excluding hydrogens is 306 g/mol. The van der Waals surface area contributed by atoms with Crippen molar-refractivity contribution in [2.75, 3.05) is 19.7 Å². The number of rotatable bonds is 7. The molecule has 128 valence electrons. The molecule has 0 bridgehead atoms. The van der Waals surface area contributed by atoms with Gasteiger partial charge in [0.2, 0.25) is 0 Å². The number of carbonyl (C=O) groups excluding carboxylic acids is 1. The van der Waals surface area contributed by atoms with E-state index in [1.165, 1.54) is 0 Å². The van der Waals surface area contributed by atoms with Crippen LogP contribution in [-0.4, -0.2) is 51.5 Å². The Balaban J connectivity index is 1.55. The summed E-state index contributed by atoms with van der Waals surface area (Å²) in [4.78, 5) is 18.4. The molecular formula is C17H23N5O2. The minimum absolute atomic E-state index is 0.0746. The van der Waals surface area contributed by atoms with Crippen LogP contribution in [0.2, 0.25) is 0 Å². The van der Waals surface area contributed by atoms with E-state index in [2.05, 4.69) is 15.4 Å². The van der Waals surface area contributed by atoms with Crippen molar-refractivity contribution < 1.29 is 9.53 Å². The molecule has 0 unspecified atom stereocenters. The lowest BCUT2D eigenvalue weighted by molar-refractivity contribution is 0.0794. The molecule has 24 heavy (non-hydrogen) atoms. The van der Waals surface area contributed by atoms with Crippen LogP contribution in [0.5, 0.6) is 0 Å². The smallest absolute Gasteiger partial charge is 0.317 e. The molecule has 2 aromatic heterocycles. The number of hydrogen-bond acceptors (Lipinski definition) is 4. The molecule has 2 amide bonds. The third-order valence-electron chi connectivity index (χ3n) is 4.03. The number of amides is 2. The number of hydrogen-bond donors (Lipinski definition) is 1. The molecule has 0 radical (unpaired) electrons. The van der Waals surface area contributed by atoms with Gasteiger partial charge in [-0.2, -0.15) is 5.10 Å². The van der Waals surface area contributed by atoms with Crippen molar-refractivity contribution in [3.63, 3.8) is 0 Å². The van der Waals surface area contributed by atoms with Crippen molar-refractivity contribution in [2.45, 2.75) is 32.0 Å². The van der Waals surface area contributed by atoms with Gasteiger partial charge in [0.15, 0.2) is 0 Å². The number of carbonyl (C=O) groups is 1. The van der Waals surface area contributed by atoms with Crippen LogP contribution in [0.25, 0.3) is 0 Å². The van der Waals surface area contributed by atoms with E-state index in [-0.39, 0.29) is 12.1 Å². The summed E-state index contributed by atoms with van der Waals surface area (Å²) in [5.41, 5.74) is 1.06. The summed E-state index contributed by atoms with van der Waals surface area (Å²) >= 11 is 0. The van der Waals surface area contributed by atoms with E-state index in [1.807, 2.05) is 29.3 Å². The molecule has 3 heterocycles. The lowest BCUT2D eigenvalue weighted by Crippen LogP contribution is -2.44. The van der Waals surface area contributed by atoms with Crippen LogP contribution < -0.4 is 5.32 Å². The second kappa shape index (κ2) is 8.44. The first-order chi connectivity index (χ1) is 11.8. The van der Waals surface area contributed by atoms with E-state index >= 15 is 0 Å². The average molecular weight is 329 g/mol. The van der Waals surface area contributed by atoms with E-state index in [0.29, 0.717) is 26.2 Å². The highest BCUT2D eigenvalue weighted by atomic mass is 16.5. The molecule has 0 aromatic carbocycles. The summed E-state index contributed by atoms with van der Waals surface area (Å²) < 4.78 is 7.49. The van der Waals surface area contributed by atoms with Crippen molar-refractivity contribution >= 4 is 6.03 Å². The van der Waals surface area contributed by atoms with Gasteiger partial charge < -0.3 is 15.0 Å². The lowest BCUT2D eigenvalue weighted by Gasteiger charge is -2.26. The number of nitrogens with zero attached hydrogens (tertiary/aromatic N) is 4. The standard InChI is InChI=1S/C17H23N5O2/c23-17(19-9-11-22-10-2-6-20-22)21(14-16-3-1-12-24-16)13-15-4-7-18-8-5-15/h2,4-8,10,16H,1,3,9,11-14H2,(H,19,23)/t16-/m0/s1. The Bertz CT molecular complexity index is 611. The molecule has 1 aliphatic rings. The van der Waals surface area contributed by atoms with Crippen LogP contribution in [0.3, 0.4) is 0 Å². The first kappa shape index (κ1) is 16.4. The van der Waals surface area contributed by atoms with Crippen molar-refractivity contribution in [3.05, 3.63) is 48.5 Å². The number of aromatic nitrogens is 3. The molecule has 1 fully saturated rings. The van der Waals surface area contributed by atoms with Crippen molar-refractivity contribution in [2.24, 2.45) is 0 Å². The molecule has 0 spiro atoms. The van der Waals surface area contributed by atoms with Gasteiger partial charge in [0.25, 0.3) is 0 Å². The maximum atomic E-state index is 12.6. The van der Waals surface area contributed by atoms with Crippen LogP contribution >= 0.6 is 0 Å². The molecule has 1 aliphatic heterocycles. The molecule has 1 N–H and O–H groups in total. The van der Waals surface area contributed by atoms with Gasteiger partial charge in [-0.25, -0.2) is 4.79 Å². The first-order valence-corrected chi connectivity index (χ1v) is 8.32. The second-order valence-corrected chi connectivity index (χ2v) is 5.87. The lowest BCUT2D eigenvalue weighted by atomic mass is 10.2. The fraction of sp³-hybridized carbons (Fsp3) is 0.471. The Labute approximate surface area is 141 Å². The zero-order chi connectivity index (χ0) is 16.6. The number of urea groups is 1. The zero-order valence-electron chi connectivity index (χ0n) is 13.7. The monoisotopic (exact) mass is 329 g/mol. The van der Waals surface area contributed by atoms with Gasteiger partial charge in [-0.3, -0.25) is 9.67 Å². The van der Waals surface area contributed by atoms with Crippen molar-refractivity contribution in [1.82, 2.24) is 25.0 Å². The second-order valence-electron chi connectivity index (χ2n) is 5.87. The zero-order valence-corrected chi connectivity index (χ0v) is 13.7. The quantitative estimate of drug-likeness (QED) is 0.839. The van der Waals surface area contributed by atoms with E-state index in [4.69, 9.17) is 4.74 Å². The number of pyridine rings is 1. The van der Waals surface area contributed by atoms with E-state index < -0.39 is 0 Å². The van der Waals surface area contributed by atoms with Gasteiger partial charge in [0, 0.05) is 51.0 Å². The summed E-state index contributed by atoms with van der Waals surface area (Å²) in [5.74, 6) is 0. The van der Waals surface area contributed by atoms with Crippen molar-refractivity contribution in [1.29, 1.82) is 0 Å². The predicted molar refractivity (Wildman–Crippen MR) is 89.2 cm³/mol. The van der Waals surface area contributed by atoms with E-state index in [1.54, 1.807) is 23.3 Å². The molecule has 1 atom stereocenters. The summed E-state index contributed by atoms with van der Waals surface area (Å²) in [6, 6.07) is 5.66. The third kappa shape index (κ3) is 4.79. The highest BCUT2D eigenvalue weighted by Crippen LogP contribution is 2.15. The van der Waals surface area contributed by atoms with Crippen LogP contribution in [0, 0.1) is 0 Å². The van der Waals surface area contributed by atoms with Gasteiger partial charge in [0.1, 0.15) is 0 Å². The molecule has 0 saturated carbocycles. The third-order valence-corrected chi connectivity index (χ3v) is 4.03. The van der Waals surface area contributed by atoms with Crippen LogP contribution in [0.4, 0.5) is 4.79 Å². The summed E-state index contributed by atoms with van der Waals surface area (Å²) in [6.07, 6.45) is 9.30. The SMILES string of the molecule is O=C(NCCn1cccn1)N(Cc1ccncc1)C[C@@H]1CCCO1. The maximum absolute atomic E-state index is 12.6. The topological polar surface area (TPSA) is 72.3 Å². The maximum Gasteiger partial charge on any atom is 0.317 e. The molecule has 1 saturated heterocycles. The minimum atomic E-state index is -0.0746. The highest BCUT2D eigenvalue weighted by Gasteiger charge is 2.22. The van der Waals surface area contributed by atoms with Gasteiger partial charge in [-0.15, -0.1) is 0 Å². The normalized spacial score (nSPS) is 16.9. The van der Waals surface area contributed by atoms with Gasteiger partial charge in [0.05, 0.1) is 12.6 Å². The van der Waals surface area contributed by atoms with Crippen LogP contribution in [0.1, 0.15) is 18.4 Å². The average Bonchev–Trinajstić information content (AvgIpc) is 3.29. The Morgan fingerprint density at radius 1 is 1.38 bits per heavy atom. The molecule has 2 aromatic rings. The fourth-order valence-electron chi connectivity index (χ4n) is 2.78. The van der Waals surface area contributed by atoms with Crippen molar-refractivity contribution in [3.8, 4) is 0 Å².